The lowest BCUT2D eigenvalue weighted by Crippen LogP contribution is -2.36. The predicted octanol–water partition coefficient (Wildman–Crippen LogP) is 4.73. The zero-order valence-electron chi connectivity index (χ0n) is 18.1. The molecule has 176 valence electrons. The Labute approximate surface area is 189 Å². The van der Waals surface area contributed by atoms with E-state index in [9.17, 15) is 31.5 Å². The van der Waals surface area contributed by atoms with Crippen LogP contribution in [-0.2, 0) is 16.6 Å². The molecule has 0 unspecified atom stereocenters. The Kier molecular flexibility index (Phi) is 6.55. The lowest BCUT2D eigenvalue weighted by molar-refractivity contribution is 0.123. The summed E-state index contributed by atoms with van der Waals surface area (Å²) >= 11 is 0. The Bertz CT molecular complexity index is 1300. The summed E-state index contributed by atoms with van der Waals surface area (Å²) in [7, 11) is -4.72. The Morgan fingerprint density at radius 2 is 1.85 bits per heavy atom. The number of rotatable bonds is 6. The molecule has 0 radical (unpaired) electrons. The summed E-state index contributed by atoms with van der Waals surface area (Å²) in [6, 6.07) is 6.64. The number of carbonyl (C=O) groups is 1. The molecule has 0 saturated carbocycles. The van der Waals surface area contributed by atoms with Crippen LogP contribution in [0.3, 0.4) is 0 Å². The number of aromatic nitrogens is 2. The van der Waals surface area contributed by atoms with E-state index < -0.39 is 44.0 Å². The minimum Gasteiger partial charge on any atom is -0.465 e. The van der Waals surface area contributed by atoms with Gasteiger partial charge in [0.05, 0.1) is 17.8 Å². The first-order chi connectivity index (χ1) is 15.3. The van der Waals surface area contributed by atoms with Gasteiger partial charge in [0.25, 0.3) is 10.0 Å². The lowest BCUT2D eigenvalue weighted by Gasteiger charge is -2.27. The van der Waals surface area contributed by atoms with Crippen LogP contribution in [0.4, 0.5) is 18.0 Å². The van der Waals surface area contributed by atoms with Crippen molar-refractivity contribution in [3.63, 3.8) is 0 Å². The Hall–Kier alpha value is -3.34. The van der Waals surface area contributed by atoms with Gasteiger partial charge >= 0.3 is 6.09 Å². The zero-order chi connectivity index (χ0) is 24.6. The second-order valence-corrected chi connectivity index (χ2v) is 10.4. The predicted molar refractivity (Wildman–Crippen MR) is 114 cm³/mol. The fraction of sp³-hybridized carbons (Fsp3) is 0.273. The molecule has 0 bridgehead atoms. The summed E-state index contributed by atoms with van der Waals surface area (Å²) in [5.41, 5.74) is -0.599. The smallest absolute Gasteiger partial charge is 0.407 e. The highest BCUT2D eigenvalue weighted by Crippen LogP contribution is 2.30. The highest BCUT2D eigenvalue weighted by atomic mass is 32.2. The molecule has 3 rings (SSSR count). The number of benzene rings is 1. The van der Waals surface area contributed by atoms with Gasteiger partial charge in [-0.25, -0.2) is 30.9 Å². The monoisotopic (exact) mass is 481 g/mol. The van der Waals surface area contributed by atoms with Crippen molar-refractivity contribution in [2.24, 2.45) is 5.41 Å². The molecule has 0 atom stereocenters. The number of halogens is 3. The average Bonchev–Trinajstić information content (AvgIpc) is 3.13. The molecule has 2 aromatic heterocycles. The fourth-order valence-corrected chi connectivity index (χ4v) is 4.80. The molecule has 11 heteroatoms. The lowest BCUT2D eigenvalue weighted by atomic mass is 9.96. The van der Waals surface area contributed by atoms with E-state index in [1.165, 1.54) is 24.4 Å². The van der Waals surface area contributed by atoms with E-state index in [1.807, 2.05) is 20.8 Å². The van der Waals surface area contributed by atoms with E-state index in [-0.39, 0.29) is 29.9 Å². The van der Waals surface area contributed by atoms with Gasteiger partial charge in [0.1, 0.15) is 4.90 Å². The molecule has 33 heavy (non-hydrogen) atoms. The summed E-state index contributed by atoms with van der Waals surface area (Å²) in [5, 5.41) is 9.58. The third-order valence-corrected chi connectivity index (χ3v) is 6.33. The van der Waals surface area contributed by atoms with E-state index in [0.717, 1.165) is 29.3 Å². The Morgan fingerprint density at radius 1 is 1.15 bits per heavy atom. The summed E-state index contributed by atoms with van der Waals surface area (Å²) in [6.45, 7) is 5.43. The molecule has 1 aromatic carbocycles. The van der Waals surface area contributed by atoms with Crippen LogP contribution >= 0.6 is 0 Å². The molecule has 0 aliphatic heterocycles. The molecule has 3 aromatic rings. The summed E-state index contributed by atoms with van der Waals surface area (Å²) < 4.78 is 69.7. The van der Waals surface area contributed by atoms with Crippen molar-refractivity contribution < 1.29 is 31.5 Å². The van der Waals surface area contributed by atoms with E-state index in [4.69, 9.17) is 0 Å². The number of hydrogen-bond acceptors (Lipinski definition) is 4. The van der Waals surface area contributed by atoms with E-state index in [1.54, 1.807) is 0 Å². The molecule has 0 aliphatic carbocycles. The first kappa shape index (κ1) is 24.3. The number of carboxylic acid groups (broad SMARTS) is 1. The van der Waals surface area contributed by atoms with Gasteiger partial charge in [-0.1, -0.05) is 26.8 Å². The van der Waals surface area contributed by atoms with Gasteiger partial charge in [0.15, 0.2) is 11.6 Å². The molecule has 1 amide bonds. The first-order valence-corrected chi connectivity index (χ1v) is 11.2. The van der Waals surface area contributed by atoms with Crippen molar-refractivity contribution in [3.8, 4) is 11.3 Å². The summed E-state index contributed by atoms with van der Waals surface area (Å²) in [5.74, 6) is -3.92. The maximum Gasteiger partial charge on any atom is 0.407 e. The van der Waals surface area contributed by atoms with Crippen LogP contribution in [0.2, 0.25) is 0 Å². The van der Waals surface area contributed by atoms with Crippen LogP contribution in [-0.4, -0.2) is 40.0 Å². The maximum atomic E-state index is 14.5. The van der Waals surface area contributed by atoms with Crippen LogP contribution in [0, 0.1) is 23.0 Å². The number of nitrogens with zero attached hydrogens (tertiary/aromatic N) is 3. The van der Waals surface area contributed by atoms with Gasteiger partial charge in [0.2, 0.25) is 5.95 Å². The average molecular weight is 481 g/mol. The maximum absolute atomic E-state index is 14.5. The number of pyridine rings is 1. The Morgan fingerprint density at radius 3 is 2.45 bits per heavy atom. The normalized spacial score (nSPS) is 12.1. The van der Waals surface area contributed by atoms with E-state index >= 15 is 0 Å². The van der Waals surface area contributed by atoms with Gasteiger partial charge in [-0.05, 0) is 41.3 Å². The van der Waals surface area contributed by atoms with Gasteiger partial charge in [-0.3, -0.25) is 0 Å². The molecule has 0 spiro atoms. The quantitative estimate of drug-likeness (QED) is 0.514. The highest BCUT2D eigenvalue weighted by Gasteiger charge is 2.29. The van der Waals surface area contributed by atoms with Crippen LogP contribution < -0.4 is 0 Å². The fourth-order valence-electron chi connectivity index (χ4n) is 3.33. The minimum atomic E-state index is -4.72. The number of amides is 1. The van der Waals surface area contributed by atoms with Crippen molar-refractivity contribution in [1.82, 2.24) is 13.9 Å². The zero-order valence-corrected chi connectivity index (χ0v) is 18.9. The molecular formula is C22H22F3N3O4S. The molecule has 0 aliphatic rings. The largest absolute Gasteiger partial charge is 0.465 e. The van der Waals surface area contributed by atoms with Gasteiger partial charge in [0, 0.05) is 18.9 Å². The molecular weight excluding hydrogens is 459 g/mol. The molecule has 2 heterocycles. The summed E-state index contributed by atoms with van der Waals surface area (Å²) in [4.78, 5) is 15.4. The van der Waals surface area contributed by atoms with Crippen molar-refractivity contribution in [3.05, 3.63) is 71.9 Å². The highest BCUT2D eigenvalue weighted by molar-refractivity contribution is 7.90. The first-order valence-electron chi connectivity index (χ1n) is 9.81. The third kappa shape index (κ3) is 5.19. The van der Waals surface area contributed by atoms with Gasteiger partial charge in [-0.2, -0.15) is 4.39 Å². The van der Waals surface area contributed by atoms with Crippen molar-refractivity contribution in [2.45, 2.75) is 32.2 Å². The van der Waals surface area contributed by atoms with Crippen LogP contribution in [0.1, 0.15) is 26.3 Å². The molecule has 7 nitrogen and oxygen atoms in total. The number of hydrogen-bond donors (Lipinski definition) is 1. The second-order valence-electron chi connectivity index (χ2n) is 8.63. The van der Waals surface area contributed by atoms with E-state index in [2.05, 4.69) is 4.98 Å². The van der Waals surface area contributed by atoms with E-state index in [0.29, 0.717) is 3.97 Å². The molecule has 1 N–H and O–H groups in total. The van der Waals surface area contributed by atoms with Crippen molar-refractivity contribution >= 4 is 16.1 Å². The second kappa shape index (κ2) is 8.89. The Balaban J connectivity index is 2.19. The van der Waals surface area contributed by atoms with Crippen LogP contribution in [0.15, 0.2) is 53.7 Å². The van der Waals surface area contributed by atoms with Gasteiger partial charge in [-0.15, -0.1) is 0 Å². The molecule has 0 fully saturated rings. The minimum absolute atomic E-state index is 0.134. The van der Waals surface area contributed by atoms with Gasteiger partial charge < -0.3 is 10.0 Å². The SMILES string of the molecule is CC(C)(C)CN(Cc1cc(-c2cccnc2F)n(S(=O)(=O)c2cccc(F)c2F)c1)C(=O)O. The standard InChI is InChI=1S/C22H22F3N3O4S/c1-22(2,3)13-27(21(29)30)11-14-10-17(15-6-5-9-26-20(15)25)28(12-14)33(31,32)18-8-4-7-16(23)19(18)24/h4-10,12H,11,13H2,1-3H3,(H,29,30). The summed E-state index contributed by atoms with van der Waals surface area (Å²) in [6.07, 6.45) is 1.01. The van der Waals surface area contributed by atoms with Crippen LogP contribution in [0.25, 0.3) is 11.3 Å². The third-order valence-electron chi connectivity index (χ3n) is 4.64. The van der Waals surface area contributed by atoms with Crippen molar-refractivity contribution in [1.29, 1.82) is 0 Å². The topological polar surface area (TPSA) is 92.5 Å². The van der Waals surface area contributed by atoms with Crippen molar-refractivity contribution in [2.75, 3.05) is 6.54 Å². The molecule has 0 saturated heterocycles. The van der Waals surface area contributed by atoms with Crippen LogP contribution in [0.5, 0.6) is 0 Å².